The van der Waals surface area contributed by atoms with E-state index in [-0.39, 0.29) is 22.4 Å². The fourth-order valence-electron chi connectivity index (χ4n) is 4.20. The lowest BCUT2D eigenvalue weighted by atomic mass is 10.1. The van der Waals surface area contributed by atoms with Gasteiger partial charge in [-0.25, -0.2) is 24.7 Å². The second-order valence-electron chi connectivity index (χ2n) is 10.9. The number of nitrogens with zero attached hydrogens (tertiary/aromatic N) is 5. The van der Waals surface area contributed by atoms with Crippen molar-refractivity contribution in [3.05, 3.63) is 57.0 Å². The molecule has 3 aromatic heterocycles. The molecule has 0 aromatic carbocycles. The first-order chi connectivity index (χ1) is 20.6. The Kier molecular flexibility index (Phi) is 9.93. The second-order valence-corrected chi connectivity index (χ2v) is 12.4. The van der Waals surface area contributed by atoms with Gasteiger partial charge in [0.15, 0.2) is 0 Å². The quantitative estimate of drug-likeness (QED) is 0.311. The number of hydrogen-bond acceptors (Lipinski definition) is 10. The monoisotopic (exact) mass is 654 g/mol. The van der Waals surface area contributed by atoms with Gasteiger partial charge >= 0.3 is 12.3 Å². The van der Waals surface area contributed by atoms with Crippen LogP contribution in [0.15, 0.2) is 30.9 Å². The van der Waals surface area contributed by atoms with Crippen LogP contribution in [0.2, 0.25) is 5.02 Å². The van der Waals surface area contributed by atoms with Crippen molar-refractivity contribution in [1.29, 1.82) is 0 Å². The minimum Gasteiger partial charge on any atom is -0.444 e. The van der Waals surface area contributed by atoms with Crippen molar-refractivity contribution in [1.82, 2.24) is 30.6 Å². The minimum atomic E-state index is -4.72. The van der Waals surface area contributed by atoms with Crippen LogP contribution in [0.1, 0.15) is 77.3 Å². The van der Waals surface area contributed by atoms with E-state index in [2.05, 4.69) is 35.9 Å². The molecule has 1 aliphatic heterocycles. The van der Waals surface area contributed by atoms with Crippen molar-refractivity contribution < 1.29 is 32.3 Å². The Bertz CT molecular complexity index is 1520. The van der Waals surface area contributed by atoms with Crippen LogP contribution in [0.3, 0.4) is 0 Å². The molecule has 3 N–H and O–H groups in total. The molecule has 1 fully saturated rings. The number of pyridine rings is 1. The van der Waals surface area contributed by atoms with Crippen molar-refractivity contribution in [2.24, 2.45) is 0 Å². The lowest BCUT2D eigenvalue weighted by molar-refractivity contribution is -0.137. The van der Waals surface area contributed by atoms with Crippen molar-refractivity contribution in [3.63, 3.8) is 0 Å². The highest BCUT2D eigenvalue weighted by Gasteiger charge is 2.34. The average molecular weight is 655 g/mol. The number of anilines is 2. The zero-order chi connectivity index (χ0) is 32.2. The minimum absolute atomic E-state index is 0.0448. The van der Waals surface area contributed by atoms with Crippen LogP contribution < -0.4 is 20.9 Å². The summed E-state index contributed by atoms with van der Waals surface area (Å²) in [7, 11) is 0. The SMILES string of the molecule is CC(NC(=O)c1cc(N2CCC(NC(=O)OC(C)(C)C)CC2)ncn1)c1ncc(C(=O)Nc2cc(C(F)(F)F)c(Cl)cn2)s1. The van der Waals surface area contributed by atoms with Gasteiger partial charge in [0.05, 0.1) is 22.8 Å². The number of halogens is 4. The third-order valence-electron chi connectivity index (χ3n) is 6.29. The van der Waals surface area contributed by atoms with Crippen LogP contribution >= 0.6 is 22.9 Å². The summed E-state index contributed by atoms with van der Waals surface area (Å²) in [6.45, 7) is 8.26. The molecule has 0 spiro atoms. The Morgan fingerprint density at radius 2 is 1.75 bits per heavy atom. The molecule has 1 aliphatic rings. The first kappa shape index (κ1) is 32.9. The molecule has 0 radical (unpaired) electrons. The van der Waals surface area contributed by atoms with Gasteiger partial charge in [0.25, 0.3) is 11.8 Å². The lowest BCUT2D eigenvalue weighted by Crippen LogP contribution is -2.46. The number of thiazole rings is 1. The fourth-order valence-corrected chi connectivity index (χ4v) is 5.22. The Morgan fingerprint density at radius 3 is 2.41 bits per heavy atom. The van der Waals surface area contributed by atoms with Gasteiger partial charge in [-0.05, 0) is 46.6 Å². The van der Waals surface area contributed by atoms with Crippen LogP contribution in [0.5, 0.6) is 0 Å². The highest BCUT2D eigenvalue weighted by molar-refractivity contribution is 7.13. The van der Waals surface area contributed by atoms with Gasteiger partial charge < -0.3 is 25.6 Å². The van der Waals surface area contributed by atoms with Gasteiger partial charge in [-0.15, -0.1) is 11.3 Å². The maximum Gasteiger partial charge on any atom is 0.418 e. The number of amides is 3. The molecule has 12 nitrogen and oxygen atoms in total. The molecule has 17 heteroatoms. The zero-order valence-corrected chi connectivity index (χ0v) is 25.7. The maximum atomic E-state index is 13.1. The number of alkyl carbamates (subject to hydrolysis) is 1. The Labute approximate surface area is 259 Å². The Hall–Kier alpha value is -4.05. The summed E-state index contributed by atoms with van der Waals surface area (Å²) in [6, 6.07) is 1.55. The summed E-state index contributed by atoms with van der Waals surface area (Å²) in [4.78, 5) is 56.0. The normalized spacial score (nSPS) is 15.0. The van der Waals surface area contributed by atoms with Gasteiger partial charge in [-0.1, -0.05) is 11.6 Å². The Morgan fingerprint density at radius 1 is 1.05 bits per heavy atom. The molecule has 1 unspecified atom stereocenters. The smallest absolute Gasteiger partial charge is 0.418 e. The van der Waals surface area contributed by atoms with Crippen molar-refractivity contribution in [2.45, 2.75) is 64.4 Å². The number of hydrogen-bond donors (Lipinski definition) is 3. The van der Waals surface area contributed by atoms with Crippen molar-refractivity contribution in [2.75, 3.05) is 23.3 Å². The third-order valence-corrected chi connectivity index (χ3v) is 7.77. The first-order valence-electron chi connectivity index (χ1n) is 13.5. The predicted octanol–water partition coefficient (Wildman–Crippen LogP) is 5.24. The number of alkyl halides is 3. The zero-order valence-electron chi connectivity index (χ0n) is 24.2. The van der Waals surface area contributed by atoms with Crippen molar-refractivity contribution >= 4 is 52.5 Å². The van der Waals surface area contributed by atoms with Crippen LogP contribution in [-0.4, -0.2) is 62.6 Å². The number of carbonyl (C=O) groups is 3. The standard InChI is InChI=1S/C27H30ClF3N8O4S/c1-14(24-33-12-19(44-24)23(41)38-20-9-16(27(29,30)31)17(28)11-32-20)36-22(40)18-10-21(35-13-34-18)39-7-5-15(6-8-39)37-25(42)43-26(2,3)4/h9-15H,5-8H2,1-4H3,(H,36,40)(H,37,42)(H,32,38,41). The predicted molar refractivity (Wildman–Crippen MR) is 157 cm³/mol. The molecule has 1 atom stereocenters. The average Bonchev–Trinajstić information content (AvgIpc) is 3.44. The molecule has 3 amide bonds. The summed E-state index contributed by atoms with van der Waals surface area (Å²) >= 11 is 6.54. The number of aromatic nitrogens is 4. The van der Waals surface area contributed by atoms with Crippen LogP contribution in [0, 0.1) is 0 Å². The number of piperidine rings is 1. The summed E-state index contributed by atoms with van der Waals surface area (Å²) in [5, 5.41) is 7.76. The first-order valence-corrected chi connectivity index (χ1v) is 14.7. The fraction of sp³-hybridized carbons (Fsp3) is 0.444. The second kappa shape index (κ2) is 13.3. The van der Waals surface area contributed by atoms with Gasteiger partial charge in [-0.2, -0.15) is 13.2 Å². The van der Waals surface area contributed by atoms with E-state index in [4.69, 9.17) is 16.3 Å². The van der Waals surface area contributed by atoms with Crippen LogP contribution in [0.25, 0.3) is 0 Å². The molecule has 0 aliphatic carbocycles. The molecule has 0 bridgehead atoms. The molecule has 44 heavy (non-hydrogen) atoms. The summed E-state index contributed by atoms with van der Waals surface area (Å²) in [6.07, 6.45) is -0.494. The summed E-state index contributed by atoms with van der Waals surface area (Å²) in [5.41, 5.74) is -1.59. The van der Waals surface area contributed by atoms with E-state index < -0.39 is 46.3 Å². The van der Waals surface area contributed by atoms with E-state index in [0.29, 0.717) is 42.8 Å². The van der Waals surface area contributed by atoms with E-state index in [1.807, 2.05) is 4.90 Å². The molecule has 1 saturated heterocycles. The lowest BCUT2D eigenvalue weighted by Gasteiger charge is -2.33. The highest BCUT2D eigenvalue weighted by atomic mass is 35.5. The molecule has 3 aromatic rings. The number of carbonyl (C=O) groups excluding carboxylic acids is 3. The van der Waals surface area contributed by atoms with E-state index in [9.17, 15) is 27.6 Å². The topological polar surface area (TPSA) is 151 Å². The maximum absolute atomic E-state index is 13.1. The molecule has 4 rings (SSSR count). The summed E-state index contributed by atoms with van der Waals surface area (Å²) in [5.74, 6) is -0.980. The van der Waals surface area contributed by atoms with E-state index in [1.54, 1.807) is 33.8 Å². The van der Waals surface area contributed by atoms with Crippen LogP contribution in [-0.2, 0) is 10.9 Å². The van der Waals surface area contributed by atoms with E-state index >= 15 is 0 Å². The number of nitrogens with one attached hydrogen (secondary N) is 3. The summed E-state index contributed by atoms with van der Waals surface area (Å²) < 4.78 is 44.7. The van der Waals surface area contributed by atoms with Crippen LogP contribution in [0.4, 0.5) is 29.6 Å². The van der Waals surface area contributed by atoms with Gasteiger partial charge in [0, 0.05) is 31.4 Å². The molecular formula is C27H30ClF3N8O4S. The third kappa shape index (κ3) is 8.75. The molecule has 0 saturated carbocycles. The van der Waals surface area contributed by atoms with Gasteiger partial charge in [0.1, 0.15) is 39.1 Å². The molecule has 4 heterocycles. The number of rotatable bonds is 7. The van der Waals surface area contributed by atoms with Crippen molar-refractivity contribution in [3.8, 4) is 0 Å². The van der Waals surface area contributed by atoms with Gasteiger partial charge in [0.2, 0.25) is 0 Å². The van der Waals surface area contributed by atoms with E-state index in [0.717, 1.165) is 17.5 Å². The van der Waals surface area contributed by atoms with E-state index in [1.165, 1.54) is 12.5 Å². The Balaban J connectivity index is 1.32. The highest BCUT2D eigenvalue weighted by Crippen LogP contribution is 2.35. The molecule has 236 valence electrons. The molecular weight excluding hydrogens is 625 g/mol. The largest absolute Gasteiger partial charge is 0.444 e. The van der Waals surface area contributed by atoms with Gasteiger partial charge in [-0.3, -0.25) is 9.59 Å². The number of ether oxygens (including phenoxy) is 1.